The molecule has 2 rings (SSSR count). The molecule has 0 atom stereocenters. The summed E-state index contributed by atoms with van der Waals surface area (Å²) in [6.07, 6.45) is 3.64. The Hall–Kier alpha value is -0.320. The number of carbonyl (C=O) groups is 1. The van der Waals surface area contributed by atoms with Crippen LogP contribution in [0.2, 0.25) is 0 Å². The second kappa shape index (κ2) is 7.46. The number of likely N-dealkylation sites (tertiary alicyclic amines) is 1. The Labute approximate surface area is 124 Å². The average Bonchev–Trinajstić information content (AvgIpc) is 2.88. The Morgan fingerprint density at radius 1 is 1.42 bits per heavy atom. The second-order valence-corrected chi connectivity index (χ2v) is 7.83. The topological polar surface area (TPSA) is 20.3 Å². The summed E-state index contributed by atoms with van der Waals surface area (Å²) >= 11 is 3.51. The van der Waals surface area contributed by atoms with Crippen LogP contribution >= 0.6 is 23.1 Å². The largest absolute Gasteiger partial charge is 0.296 e. The van der Waals surface area contributed by atoms with Crippen LogP contribution in [0.3, 0.4) is 0 Å². The smallest absolute Gasteiger partial charge is 0.186 e. The number of hydrogen-bond acceptors (Lipinski definition) is 4. The molecule has 0 aliphatic carbocycles. The summed E-state index contributed by atoms with van der Waals surface area (Å²) < 4.78 is 1.28. The zero-order valence-electron chi connectivity index (χ0n) is 11.9. The van der Waals surface area contributed by atoms with Crippen molar-refractivity contribution in [3.63, 3.8) is 0 Å². The molecular formula is C15H23NOS2. The van der Waals surface area contributed by atoms with Crippen molar-refractivity contribution in [1.29, 1.82) is 0 Å². The molecule has 1 aromatic heterocycles. The first-order valence-corrected chi connectivity index (χ1v) is 8.97. The van der Waals surface area contributed by atoms with Crippen molar-refractivity contribution in [2.24, 2.45) is 5.92 Å². The zero-order chi connectivity index (χ0) is 13.7. The van der Waals surface area contributed by atoms with Gasteiger partial charge in [-0.25, -0.2) is 0 Å². The summed E-state index contributed by atoms with van der Waals surface area (Å²) in [6, 6.07) is 4.09. The first kappa shape index (κ1) is 15.1. The first-order chi connectivity index (χ1) is 9.19. The number of nitrogens with zero attached hydrogens (tertiary/aromatic N) is 1. The third kappa shape index (κ3) is 4.62. The minimum Gasteiger partial charge on any atom is -0.296 e. The number of carbonyl (C=O) groups excluding carboxylic acids is 1. The Morgan fingerprint density at radius 3 is 2.84 bits per heavy atom. The van der Waals surface area contributed by atoms with E-state index in [0.29, 0.717) is 12.3 Å². The minimum absolute atomic E-state index is 0.294. The highest BCUT2D eigenvalue weighted by molar-refractivity contribution is 8.01. The third-order valence-electron chi connectivity index (χ3n) is 3.55. The van der Waals surface area contributed by atoms with Gasteiger partial charge in [-0.3, -0.25) is 9.69 Å². The number of Topliss-reactive ketones (excluding diaryl/α,β-unsaturated/α-hetero) is 1. The number of thioether (sulfide) groups is 1. The molecule has 0 bridgehead atoms. The lowest BCUT2D eigenvalue weighted by atomic mass is 9.99. The van der Waals surface area contributed by atoms with E-state index in [1.54, 1.807) is 11.3 Å². The summed E-state index contributed by atoms with van der Waals surface area (Å²) in [6.45, 7) is 7.25. The Balaban J connectivity index is 1.84. The molecule has 4 heteroatoms. The van der Waals surface area contributed by atoms with Gasteiger partial charge in [-0.2, -0.15) is 0 Å². The van der Waals surface area contributed by atoms with Crippen molar-refractivity contribution in [1.82, 2.24) is 4.90 Å². The summed E-state index contributed by atoms with van der Waals surface area (Å²) in [5.74, 6) is 2.26. The van der Waals surface area contributed by atoms with Crippen molar-refractivity contribution >= 4 is 28.9 Å². The molecule has 1 saturated heterocycles. The lowest BCUT2D eigenvalue weighted by Gasteiger charge is -2.29. The molecule has 1 aliphatic heterocycles. The van der Waals surface area contributed by atoms with Crippen LogP contribution in [-0.2, 0) is 0 Å². The van der Waals surface area contributed by atoms with E-state index >= 15 is 0 Å². The molecule has 0 amide bonds. The SMILES string of the molecule is CCCSc1ccc(C(=O)CN2CCC(C)CC2)s1. The van der Waals surface area contributed by atoms with Gasteiger partial charge >= 0.3 is 0 Å². The molecule has 0 spiro atoms. The van der Waals surface area contributed by atoms with Crippen molar-refractivity contribution in [3.8, 4) is 0 Å². The van der Waals surface area contributed by atoms with E-state index in [1.165, 1.54) is 23.5 Å². The van der Waals surface area contributed by atoms with Gasteiger partial charge in [0.1, 0.15) is 0 Å². The van der Waals surface area contributed by atoms with E-state index in [4.69, 9.17) is 0 Å². The fourth-order valence-electron chi connectivity index (χ4n) is 2.25. The van der Waals surface area contributed by atoms with Gasteiger partial charge in [0.05, 0.1) is 15.6 Å². The van der Waals surface area contributed by atoms with Crippen molar-refractivity contribution in [2.75, 3.05) is 25.4 Å². The molecule has 0 radical (unpaired) electrons. The normalized spacial score (nSPS) is 17.8. The van der Waals surface area contributed by atoms with Crippen molar-refractivity contribution < 1.29 is 4.79 Å². The van der Waals surface area contributed by atoms with Crippen LogP contribution < -0.4 is 0 Å². The Morgan fingerprint density at radius 2 is 2.16 bits per heavy atom. The average molecular weight is 297 g/mol. The highest BCUT2D eigenvalue weighted by atomic mass is 32.2. The summed E-state index contributed by atoms with van der Waals surface area (Å²) in [5.41, 5.74) is 0. The third-order valence-corrected chi connectivity index (χ3v) is 6.11. The van der Waals surface area contributed by atoms with Gasteiger partial charge in [0, 0.05) is 0 Å². The van der Waals surface area contributed by atoms with Crippen LogP contribution in [0.1, 0.15) is 42.8 Å². The number of hydrogen-bond donors (Lipinski definition) is 0. The number of rotatable bonds is 6. The van der Waals surface area contributed by atoms with Gasteiger partial charge in [-0.1, -0.05) is 13.8 Å². The highest BCUT2D eigenvalue weighted by Crippen LogP contribution is 2.28. The van der Waals surface area contributed by atoms with E-state index in [0.717, 1.165) is 29.6 Å². The van der Waals surface area contributed by atoms with Gasteiger partial charge in [0.2, 0.25) is 0 Å². The van der Waals surface area contributed by atoms with Crippen LogP contribution in [-0.4, -0.2) is 36.1 Å². The highest BCUT2D eigenvalue weighted by Gasteiger charge is 2.19. The van der Waals surface area contributed by atoms with Crippen LogP contribution in [0.15, 0.2) is 16.3 Å². The molecular weight excluding hydrogens is 274 g/mol. The summed E-state index contributed by atoms with van der Waals surface area (Å²) in [5, 5.41) is 0. The standard InChI is InChI=1S/C15H23NOS2/c1-3-10-18-15-5-4-14(19-15)13(17)11-16-8-6-12(2)7-9-16/h4-5,12H,3,6-11H2,1-2H3. The summed E-state index contributed by atoms with van der Waals surface area (Å²) in [7, 11) is 0. The maximum atomic E-state index is 12.2. The molecule has 19 heavy (non-hydrogen) atoms. The Bertz CT molecular complexity index is 408. The van der Waals surface area contributed by atoms with Gasteiger partial charge in [0.25, 0.3) is 0 Å². The summed E-state index contributed by atoms with van der Waals surface area (Å²) in [4.78, 5) is 15.5. The molecule has 1 aromatic rings. The van der Waals surface area contributed by atoms with E-state index in [9.17, 15) is 4.79 Å². The van der Waals surface area contributed by atoms with E-state index in [1.807, 2.05) is 17.8 Å². The fourth-order valence-corrected chi connectivity index (χ4v) is 4.24. The molecule has 0 saturated carbocycles. The molecule has 1 aliphatic rings. The maximum Gasteiger partial charge on any atom is 0.186 e. The van der Waals surface area contributed by atoms with Gasteiger partial charge in [-0.05, 0) is 56.2 Å². The lowest BCUT2D eigenvalue weighted by molar-refractivity contribution is 0.0904. The predicted octanol–water partition coefficient (Wildman–Crippen LogP) is 4.16. The second-order valence-electron chi connectivity index (χ2n) is 5.35. The van der Waals surface area contributed by atoms with Gasteiger partial charge < -0.3 is 0 Å². The fraction of sp³-hybridized carbons (Fsp3) is 0.667. The monoisotopic (exact) mass is 297 g/mol. The predicted molar refractivity (Wildman–Crippen MR) is 84.5 cm³/mol. The first-order valence-electron chi connectivity index (χ1n) is 7.17. The molecule has 0 N–H and O–H groups in total. The van der Waals surface area contributed by atoms with Gasteiger partial charge in [-0.15, -0.1) is 23.1 Å². The Kier molecular flexibility index (Phi) is 5.92. The molecule has 1 fully saturated rings. The van der Waals surface area contributed by atoms with Crippen LogP contribution in [0.5, 0.6) is 0 Å². The van der Waals surface area contributed by atoms with Crippen molar-refractivity contribution in [2.45, 2.75) is 37.3 Å². The zero-order valence-corrected chi connectivity index (χ0v) is 13.5. The minimum atomic E-state index is 0.294. The number of thiophene rings is 1. The molecule has 0 aromatic carbocycles. The van der Waals surface area contributed by atoms with Gasteiger partial charge in [0.15, 0.2) is 5.78 Å². The van der Waals surface area contributed by atoms with Crippen molar-refractivity contribution in [3.05, 3.63) is 17.0 Å². The molecule has 2 heterocycles. The van der Waals surface area contributed by atoms with Crippen LogP contribution in [0.4, 0.5) is 0 Å². The lowest BCUT2D eigenvalue weighted by Crippen LogP contribution is -2.36. The molecule has 106 valence electrons. The molecule has 0 unspecified atom stereocenters. The number of ketones is 1. The van der Waals surface area contributed by atoms with E-state index in [-0.39, 0.29) is 0 Å². The number of piperidine rings is 1. The van der Waals surface area contributed by atoms with E-state index in [2.05, 4.69) is 24.8 Å². The van der Waals surface area contributed by atoms with E-state index < -0.39 is 0 Å². The van der Waals surface area contributed by atoms with Crippen LogP contribution in [0, 0.1) is 5.92 Å². The quantitative estimate of drug-likeness (QED) is 0.581. The molecule has 2 nitrogen and oxygen atoms in total. The van der Waals surface area contributed by atoms with Crippen LogP contribution in [0.25, 0.3) is 0 Å². The maximum absolute atomic E-state index is 12.2.